The van der Waals surface area contributed by atoms with E-state index in [0.717, 1.165) is 17.8 Å². The summed E-state index contributed by atoms with van der Waals surface area (Å²) in [6.45, 7) is 7.06. The van der Waals surface area contributed by atoms with Crippen molar-refractivity contribution in [3.8, 4) is 0 Å². The summed E-state index contributed by atoms with van der Waals surface area (Å²) in [4.78, 5) is 0. The van der Waals surface area contributed by atoms with Gasteiger partial charge in [0.2, 0.25) is 0 Å². The summed E-state index contributed by atoms with van der Waals surface area (Å²) in [6.07, 6.45) is 10.3. The topological polar surface area (TPSA) is 0 Å². The molecule has 0 aromatic carbocycles. The van der Waals surface area contributed by atoms with Gasteiger partial charge in [0.05, 0.1) is 0 Å². The molecule has 1 rings (SSSR count). The molecule has 0 aromatic heterocycles. The van der Waals surface area contributed by atoms with E-state index in [1.54, 1.807) is 0 Å². The summed E-state index contributed by atoms with van der Waals surface area (Å²) in [5, 5.41) is 0. The minimum absolute atomic E-state index is 1.05. The van der Waals surface area contributed by atoms with E-state index in [0.29, 0.717) is 0 Å². The van der Waals surface area contributed by atoms with E-state index in [9.17, 15) is 0 Å². The third-order valence-electron chi connectivity index (χ3n) is 3.85. The highest BCUT2D eigenvalue weighted by Gasteiger charge is 2.25. The predicted octanol–water partition coefficient (Wildman–Crippen LogP) is 4.64. The molecule has 13 heavy (non-hydrogen) atoms. The van der Waals surface area contributed by atoms with E-state index in [-0.39, 0.29) is 0 Å². The zero-order valence-electron chi connectivity index (χ0n) is 9.68. The summed E-state index contributed by atoms with van der Waals surface area (Å²) < 4.78 is 0. The molecule has 0 heteroatoms. The maximum atomic E-state index is 2.37. The molecule has 78 valence electrons. The monoisotopic (exact) mass is 182 g/mol. The van der Waals surface area contributed by atoms with E-state index >= 15 is 0 Å². The van der Waals surface area contributed by atoms with Crippen molar-refractivity contribution in [2.24, 2.45) is 17.8 Å². The Hall–Kier alpha value is 0. The standard InChI is InChI=1S/C13H26/c1-4-7-13-9-11(5-2)8-12(6-3)10-13/h11-13H,4-10H2,1-3H3. The SMILES string of the molecule is CCCC1CC(CC)CC(CC)C1. The third kappa shape index (κ3) is 3.32. The van der Waals surface area contributed by atoms with Crippen molar-refractivity contribution in [1.29, 1.82) is 0 Å². The fourth-order valence-electron chi connectivity index (χ4n) is 3.01. The molecule has 1 aliphatic rings. The molecule has 0 spiro atoms. The van der Waals surface area contributed by atoms with Crippen LogP contribution in [-0.4, -0.2) is 0 Å². The first-order chi connectivity index (χ1) is 6.30. The van der Waals surface area contributed by atoms with Crippen LogP contribution in [0.2, 0.25) is 0 Å². The summed E-state index contributed by atoms with van der Waals surface area (Å²) in [5.41, 5.74) is 0. The summed E-state index contributed by atoms with van der Waals surface area (Å²) in [7, 11) is 0. The quantitative estimate of drug-likeness (QED) is 0.594. The molecule has 0 aliphatic heterocycles. The molecule has 0 amide bonds. The predicted molar refractivity (Wildman–Crippen MR) is 59.8 cm³/mol. The molecule has 2 unspecified atom stereocenters. The van der Waals surface area contributed by atoms with E-state index in [1.165, 1.54) is 44.9 Å². The molecule has 2 atom stereocenters. The van der Waals surface area contributed by atoms with E-state index in [2.05, 4.69) is 20.8 Å². The van der Waals surface area contributed by atoms with Crippen LogP contribution in [0.5, 0.6) is 0 Å². The van der Waals surface area contributed by atoms with Gasteiger partial charge in [-0.3, -0.25) is 0 Å². The minimum atomic E-state index is 1.05. The zero-order chi connectivity index (χ0) is 9.68. The lowest BCUT2D eigenvalue weighted by Crippen LogP contribution is -2.22. The zero-order valence-corrected chi connectivity index (χ0v) is 9.68. The molecule has 0 aromatic rings. The molecule has 1 fully saturated rings. The minimum Gasteiger partial charge on any atom is -0.0654 e. The van der Waals surface area contributed by atoms with E-state index < -0.39 is 0 Å². The van der Waals surface area contributed by atoms with Crippen LogP contribution in [0.1, 0.15) is 65.7 Å². The van der Waals surface area contributed by atoms with Crippen molar-refractivity contribution in [2.75, 3.05) is 0 Å². The van der Waals surface area contributed by atoms with Gasteiger partial charge in [0, 0.05) is 0 Å². The van der Waals surface area contributed by atoms with Gasteiger partial charge < -0.3 is 0 Å². The molecule has 0 heterocycles. The lowest BCUT2D eigenvalue weighted by Gasteiger charge is -2.34. The van der Waals surface area contributed by atoms with Gasteiger partial charge in [0.25, 0.3) is 0 Å². The highest BCUT2D eigenvalue weighted by molar-refractivity contribution is 4.77. The summed E-state index contributed by atoms with van der Waals surface area (Å²) in [6, 6.07) is 0. The van der Waals surface area contributed by atoms with Gasteiger partial charge in [0.1, 0.15) is 0 Å². The second kappa shape index (κ2) is 5.67. The average molecular weight is 182 g/mol. The molecular formula is C13H26. The fourth-order valence-corrected chi connectivity index (χ4v) is 3.01. The van der Waals surface area contributed by atoms with Crippen molar-refractivity contribution in [3.63, 3.8) is 0 Å². The summed E-state index contributed by atoms with van der Waals surface area (Å²) in [5.74, 6) is 3.17. The van der Waals surface area contributed by atoms with Crippen LogP contribution in [0.25, 0.3) is 0 Å². The first-order valence-electron chi connectivity index (χ1n) is 6.30. The Morgan fingerprint density at radius 2 is 1.23 bits per heavy atom. The lowest BCUT2D eigenvalue weighted by molar-refractivity contribution is 0.178. The molecule has 1 saturated carbocycles. The molecular weight excluding hydrogens is 156 g/mol. The Morgan fingerprint density at radius 3 is 1.62 bits per heavy atom. The van der Waals surface area contributed by atoms with Gasteiger partial charge in [0.15, 0.2) is 0 Å². The Bertz CT molecular complexity index is 116. The molecule has 0 nitrogen and oxygen atoms in total. The number of hydrogen-bond donors (Lipinski definition) is 0. The van der Waals surface area contributed by atoms with Gasteiger partial charge in [-0.05, 0) is 37.0 Å². The smallest absolute Gasteiger partial charge is 0.0409 e. The Kier molecular flexibility index (Phi) is 4.83. The van der Waals surface area contributed by atoms with Crippen LogP contribution in [0.15, 0.2) is 0 Å². The summed E-state index contributed by atoms with van der Waals surface area (Å²) >= 11 is 0. The lowest BCUT2D eigenvalue weighted by atomic mass is 9.72. The molecule has 1 aliphatic carbocycles. The maximum absolute atomic E-state index is 2.37. The van der Waals surface area contributed by atoms with Crippen molar-refractivity contribution in [1.82, 2.24) is 0 Å². The van der Waals surface area contributed by atoms with Gasteiger partial charge in [-0.2, -0.15) is 0 Å². The van der Waals surface area contributed by atoms with Gasteiger partial charge in [-0.1, -0.05) is 46.5 Å². The van der Waals surface area contributed by atoms with E-state index in [1.807, 2.05) is 0 Å². The largest absolute Gasteiger partial charge is 0.0654 e. The Labute approximate surface area is 84.1 Å². The maximum Gasteiger partial charge on any atom is -0.0409 e. The van der Waals surface area contributed by atoms with Gasteiger partial charge in [-0.15, -0.1) is 0 Å². The number of rotatable bonds is 4. The molecule has 0 saturated heterocycles. The molecule has 0 N–H and O–H groups in total. The van der Waals surface area contributed by atoms with Crippen LogP contribution in [0.4, 0.5) is 0 Å². The molecule has 0 bridgehead atoms. The second-order valence-electron chi connectivity index (χ2n) is 4.91. The van der Waals surface area contributed by atoms with Crippen LogP contribution in [0.3, 0.4) is 0 Å². The fraction of sp³-hybridized carbons (Fsp3) is 1.00. The third-order valence-corrected chi connectivity index (χ3v) is 3.85. The Balaban J connectivity index is 2.39. The van der Waals surface area contributed by atoms with Gasteiger partial charge in [-0.25, -0.2) is 0 Å². The van der Waals surface area contributed by atoms with Crippen LogP contribution in [0, 0.1) is 17.8 Å². The second-order valence-corrected chi connectivity index (χ2v) is 4.91. The number of hydrogen-bond acceptors (Lipinski definition) is 0. The molecule has 0 radical (unpaired) electrons. The highest BCUT2D eigenvalue weighted by atomic mass is 14.3. The van der Waals surface area contributed by atoms with Crippen molar-refractivity contribution in [2.45, 2.75) is 65.7 Å². The Morgan fingerprint density at radius 1 is 0.769 bits per heavy atom. The van der Waals surface area contributed by atoms with Crippen molar-refractivity contribution in [3.05, 3.63) is 0 Å². The van der Waals surface area contributed by atoms with Gasteiger partial charge >= 0.3 is 0 Å². The highest BCUT2D eigenvalue weighted by Crippen LogP contribution is 2.38. The van der Waals surface area contributed by atoms with Crippen LogP contribution >= 0.6 is 0 Å². The first-order valence-corrected chi connectivity index (χ1v) is 6.30. The van der Waals surface area contributed by atoms with Crippen LogP contribution < -0.4 is 0 Å². The average Bonchev–Trinajstić information content (AvgIpc) is 2.17. The normalized spacial score (nSPS) is 34.8. The van der Waals surface area contributed by atoms with Crippen molar-refractivity contribution >= 4 is 0 Å². The van der Waals surface area contributed by atoms with Crippen molar-refractivity contribution < 1.29 is 0 Å². The van der Waals surface area contributed by atoms with E-state index in [4.69, 9.17) is 0 Å². The first kappa shape index (κ1) is 11.1. The van der Waals surface area contributed by atoms with Crippen LogP contribution in [-0.2, 0) is 0 Å².